The van der Waals surface area contributed by atoms with Crippen molar-refractivity contribution < 1.29 is 10.2 Å². The molecule has 0 spiro atoms. The van der Waals surface area contributed by atoms with Gasteiger partial charge in [-0.05, 0) is 48.6 Å². The number of phenolic OH excluding ortho intramolecular Hbond substituents is 2. The van der Waals surface area contributed by atoms with Crippen LogP contribution in [0.5, 0.6) is 11.5 Å². The fourth-order valence-corrected chi connectivity index (χ4v) is 2.55. The van der Waals surface area contributed by atoms with Gasteiger partial charge in [-0.1, -0.05) is 48.6 Å². The van der Waals surface area contributed by atoms with Crippen LogP contribution in [0.3, 0.4) is 0 Å². The maximum Gasteiger partial charge on any atom is 0.157 e. The lowest BCUT2D eigenvalue weighted by Gasteiger charge is -2.07. The molecule has 0 aliphatic rings. The molecule has 0 amide bonds. The van der Waals surface area contributed by atoms with Crippen LogP contribution in [0.1, 0.15) is 24.0 Å². The summed E-state index contributed by atoms with van der Waals surface area (Å²) in [5.41, 5.74) is 2.23. The predicted octanol–water partition coefficient (Wildman–Crippen LogP) is 3.94. The van der Waals surface area contributed by atoms with Gasteiger partial charge in [0.25, 0.3) is 0 Å². The third-order valence-electron chi connectivity index (χ3n) is 3.70. The number of benzene rings is 2. The van der Waals surface area contributed by atoms with E-state index in [1.807, 2.05) is 18.2 Å². The number of phenols is 2. The van der Waals surface area contributed by atoms with Crippen LogP contribution in [0.2, 0.25) is 0 Å². The quantitative estimate of drug-likeness (QED) is 0.231. The molecule has 2 rings (SSSR count). The molecule has 2 aromatic carbocycles. The number of unbranched alkanes of at least 4 members (excludes halogenated alkanes) is 1. The molecule has 25 heavy (non-hydrogen) atoms. The number of hydrogen-bond acceptors (Lipinski definition) is 4. The SMILES string of the molecule is N#C/C(=C\c1ccc(O)c(O)c1)C(=S)NCCCCc1ccccc1. The second-order valence-corrected chi connectivity index (χ2v) is 6.02. The molecule has 0 unspecified atom stereocenters. The third-order valence-corrected chi connectivity index (χ3v) is 4.06. The van der Waals surface area contributed by atoms with Gasteiger partial charge in [0.05, 0.1) is 5.57 Å². The van der Waals surface area contributed by atoms with Crippen molar-refractivity contribution in [3.63, 3.8) is 0 Å². The Labute approximate surface area is 153 Å². The number of hydrogen-bond donors (Lipinski definition) is 3. The summed E-state index contributed by atoms with van der Waals surface area (Å²) in [6.45, 7) is 0.700. The molecule has 0 aliphatic heterocycles. The summed E-state index contributed by atoms with van der Waals surface area (Å²) in [7, 11) is 0. The largest absolute Gasteiger partial charge is 0.504 e. The molecule has 0 aliphatic carbocycles. The van der Waals surface area contributed by atoms with Crippen molar-refractivity contribution in [3.05, 3.63) is 65.2 Å². The van der Waals surface area contributed by atoms with Crippen LogP contribution in [0.15, 0.2) is 54.1 Å². The van der Waals surface area contributed by atoms with Gasteiger partial charge in [0.2, 0.25) is 0 Å². The van der Waals surface area contributed by atoms with E-state index in [1.165, 1.54) is 17.7 Å². The fraction of sp³-hybridized carbons (Fsp3) is 0.200. The lowest BCUT2D eigenvalue weighted by atomic mass is 10.1. The second-order valence-electron chi connectivity index (χ2n) is 5.62. The van der Waals surface area contributed by atoms with Gasteiger partial charge in [0, 0.05) is 6.54 Å². The third kappa shape index (κ3) is 5.94. The average Bonchev–Trinajstić information content (AvgIpc) is 2.63. The number of aromatic hydroxyl groups is 2. The summed E-state index contributed by atoms with van der Waals surface area (Å²) >= 11 is 5.26. The predicted molar refractivity (Wildman–Crippen MR) is 103 cm³/mol. The maximum atomic E-state index is 9.51. The molecule has 0 atom stereocenters. The van der Waals surface area contributed by atoms with Gasteiger partial charge >= 0.3 is 0 Å². The van der Waals surface area contributed by atoms with Gasteiger partial charge in [-0.3, -0.25) is 0 Å². The van der Waals surface area contributed by atoms with Gasteiger partial charge in [-0.25, -0.2) is 0 Å². The number of thiocarbonyl (C=S) groups is 1. The minimum Gasteiger partial charge on any atom is -0.504 e. The summed E-state index contributed by atoms with van der Waals surface area (Å²) in [5, 5.41) is 31.2. The highest BCUT2D eigenvalue weighted by Gasteiger charge is 2.06. The summed E-state index contributed by atoms with van der Waals surface area (Å²) in [5.74, 6) is -0.430. The van der Waals surface area contributed by atoms with Crippen molar-refractivity contribution in [1.82, 2.24) is 5.32 Å². The Hall–Kier alpha value is -2.84. The minimum atomic E-state index is -0.231. The number of rotatable bonds is 7. The Morgan fingerprint density at radius 1 is 1.08 bits per heavy atom. The summed E-state index contributed by atoms with van der Waals surface area (Å²) < 4.78 is 0. The van der Waals surface area contributed by atoms with Gasteiger partial charge in [-0.15, -0.1) is 0 Å². The highest BCUT2D eigenvalue weighted by Crippen LogP contribution is 2.25. The molecule has 2 aromatic rings. The van der Waals surface area contributed by atoms with Crippen LogP contribution < -0.4 is 5.32 Å². The molecule has 128 valence electrons. The first-order chi connectivity index (χ1) is 12.1. The Balaban J connectivity index is 1.82. The van der Waals surface area contributed by atoms with Crippen molar-refractivity contribution in [2.45, 2.75) is 19.3 Å². The minimum absolute atomic E-state index is 0.199. The molecule has 0 saturated carbocycles. The van der Waals surface area contributed by atoms with E-state index in [9.17, 15) is 15.5 Å². The van der Waals surface area contributed by atoms with E-state index in [4.69, 9.17) is 12.2 Å². The van der Waals surface area contributed by atoms with E-state index in [-0.39, 0.29) is 11.5 Å². The zero-order valence-electron chi connectivity index (χ0n) is 13.8. The Bertz CT molecular complexity index is 795. The van der Waals surface area contributed by atoms with E-state index in [1.54, 1.807) is 12.1 Å². The molecular weight excluding hydrogens is 332 g/mol. The first kappa shape index (κ1) is 18.5. The lowest BCUT2D eigenvalue weighted by Crippen LogP contribution is -2.23. The highest BCUT2D eigenvalue weighted by atomic mass is 32.1. The Morgan fingerprint density at radius 3 is 2.52 bits per heavy atom. The van der Waals surface area contributed by atoms with Crippen molar-refractivity contribution in [1.29, 1.82) is 5.26 Å². The topological polar surface area (TPSA) is 76.3 Å². The zero-order chi connectivity index (χ0) is 18.1. The fourth-order valence-electron chi connectivity index (χ4n) is 2.34. The van der Waals surface area contributed by atoms with Crippen molar-refractivity contribution in [2.75, 3.05) is 6.54 Å². The molecule has 3 N–H and O–H groups in total. The average molecular weight is 352 g/mol. The molecule has 0 radical (unpaired) electrons. The number of aryl methyl sites for hydroxylation is 1. The van der Waals surface area contributed by atoms with Crippen molar-refractivity contribution in [2.24, 2.45) is 0 Å². The van der Waals surface area contributed by atoms with Crippen LogP contribution in [-0.4, -0.2) is 21.7 Å². The number of nitriles is 1. The van der Waals surface area contributed by atoms with E-state index in [2.05, 4.69) is 23.5 Å². The van der Waals surface area contributed by atoms with Crippen LogP contribution in [0.4, 0.5) is 0 Å². The zero-order valence-corrected chi connectivity index (χ0v) is 14.6. The Morgan fingerprint density at radius 2 is 1.84 bits per heavy atom. The number of nitrogens with zero attached hydrogens (tertiary/aromatic N) is 1. The smallest absolute Gasteiger partial charge is 0.157 e. The molecule has 0 bridgehead atoms. The molecule has 0 saturated heterocycles. The van der Waals surface area contributed by atoms with E-state index < -0.39 is 0 Å². The molecule has 0 fully saturated rings. The molecule has 0 aromatic heterocycles. The normalized spacial score (nSPS) is 10.9. The van der Waals surface area contributed by atoms with Gasteiger partial charge in [0.1, 0.15) is 11.1 Å². The molecule has 5 heteroatoms. The molecule has 4 nitrogen and oxygen atoms in total. The van der Waals surface area contributed by atoms with E-state index in [0.29, 0.717) is 22.7 Å². The standard InChI is InChI=1S/C20H20N2O2S/c21-14-17(12-16-9-10-18(23)19(24)13-16)20(25)22-11-5-4-8-15-6-2-1-3-7-15/h1-3,6-7,9-10,12-13,23-24H,4-5,8,11H2,(H,22,25)/b17-12+. The molecular formula is C20H20N2O2S. The molecule has 0 heterocycles. The summed E-state index contributed by atoms with van der Waals surface area (Å²) in [6, 6.07) is 16.7. The van der Waals surface area contributed by atoms with Crippen LogP contribution in [-0.2, 0) is 6.42 Å². The lowest BCUT2D eigenvalue weighted by molar-refractivity contribution is 0.403. The van der Waals surface area contributed by atoms with Gasteiger partial charge < -0.3 is 15.5 Å². The first-order valence-corrected chi connectivity index (χ1v) is 8.47. The first-order valence-electron chi connectivity index (χ1n) is 8.06. The Kier molecular flexibility index (Phi) is 7.00. The monoisotopic (exact) mass is 352 g/mol. The van der Waals surface area contributed by atoms with E-state index in [0.717, 1.165) is 19.3 Å². The van der Waals surface area contributed by atoms with Crippen molar-refractivity contribution in [3.8, 4) is 17.6 Å². The maximum absolute atomic E-state index is 9.51. The summed E-state index contributed by atoms with van der Waals surface area (Å²) in [6.07, 6.45) is 4.59. The number of nitrogens with one attached hydrogen (secondary N) is 1. The van der Waals surface area contributed by atoms with Crippen LogP contribution >= 0.6 is 12.2 Å². The van der Waals surface area contributed by atoms with Crippen LogP contribution in [0, 0.1) is 11.3 Å². The van der Waals surface area contributed by atoms with Gasteiger partial charge in [-0.2, -0.15) is 5.26 Å². The van der Waals surface area contributed by atoms with Gasteiger partial charge in [0.15, 0.2) is 11.5 Å². The van der Waals surface area contributed by atoms with E-state index >= 15 is 0 Å². The highest BCUT2D eigenvalue weighted by molar-refractivity contribution is 7.80. The second kappa shape index (κ2) is 9.45. The summed E-state index contributed by atoms with van der Waals surface area (Å²) in [4.78, 5) is 0.384. The van der Waals surface area contributed by atoms with Crippen LogP contribution in [0.25, 0.3) is 6.08 Å². The van der Waals surface area contributed by atoms with Crippen molar-refractivity contribution >= 4 is 23.3 Å².